The van der Waals surface area contributed by atoms with Crippen molar-refractivity contribution in [1.82, 2.24) is 10.0 Å². The van der Waals surface area contributed by atoms with E-state index in [1.165, 1.54) is 25.5 Å². The number of carbonyl (C=O) groups is 2. The molecule has 0 radical (unpaired) electrons. The summed E-state index contributed by atoms with van der Waals surface area (Å²) >= 11 is 0. The Hall–Kier alpha value is -1.93. The molecule has 0 aliphatic heterocycles. The molecule has 0 aromatic heterocycles. The largest absolute Gasteiger partial charge is 0.453 e. The Morgan fingerprint density at radius 1 is 1.15 bits per heavy atom. The van der Waals surface area contributed by atoms with Gasteiger partial charge in [-0.15, -0.1) is 0 Å². The number of esters is 1. The summed E-state index contributed by atoms with van der Waals surface area (Å²) in [5.41, 5.74) is 0. The van der Waals surface area contributed by atoms with Gasteiger partial charge in [0.05, 0.1) is 11.3 Å². The molecule has 1 aliphatic rings. The van der Waals surface area contributed by atoms with E-state index in [0.29, 0.717) is 0 Å². The van der Waals surface area contributed by atoms with Crippen LogP contribution in [-0.2, 0) is 24.3 Å². The fraction of sp³-hybridized carbons (Fsp3) is 0.556. The lowest BCUT2D eigenvalue weighted by atomic mass is 9.95. The first-order chi connectivity index (χ1) is 12.4. The number of ether oxygens (including phenoxy) is 1. The quantitative estimate of drug-likeness (QED) is 0.667. The first kappa shape index (κ1) is 20.4. The topological polar surface area (TPSA) is 102 Å². The summed E-state index contributed by atoms with van der Waals surface area (Å²) in [5, 5.41) is 2.90. The van der Waals surface area contributed by atoms with Gasteiger partial charge in [0, 0.05) is 12.6 Å². The Kier molecular flexibility index (Phi) is 7.59. The number of rotatable bonds is 8. The number of nitrogens with one attached hydrogen (secondary N) is 2. The second-order valence-electron chi connectivity index (χ2n) is 6.44. The maximum absolute atomic E-state index is 12.1. The normalized spacial score (nSPS) is 16.7. The van der Waals surface area contributed by atoms with Gasteiger partial charge in [0.15, 0.2) is 6.10 Å². The molecule has 1 atom stereocenters. The van der Waals surface area contributed by atoms with Crippen molar-refractivity contribution in [3.05, 3.63) is 30.3 Å². The zero-order valence-electron chi connectivity index (χ0n) is 14.9. The first-order valence-corrected chi connectivity index (χ1v) is 10.4. The smallest absolute Gasteiger partial charge is 0.307 e. The zero-order chi connectivity index (χ0) is 19.0. The minimum Gasteiger partial charge on any atom is -0.453 e. The standard InChI is InChI=1S/C18H26N2O5S/c1-14(18(22)20-15-8-4-2-5-9-15)25-17(21)12-13-19-26(23,24)16-10-6-3-7-11-16/h3,6-7,10-11,14-15,19H,2,4-5,8-9,12-13H2,1H3,(H,20,22)/t14-/m1/s1. The predicted molar refractivity (Wildman–Crippen MR) is 96.8 cm³/mol. The van der Waals surface area contributed by atoms with Crippen LogP contribution in [0.15, 0.2) is 35.2 Å². The molecule has 1 aliphatic carbocycles. The van der Waals surface area contributed by atoms with Gasteiger partial charge in [0.2, 0.25) is 10.0 Å². The molecule has 0 bridgehead atoms. The summed E-state index contributed by atoms with van der Waals surface area (Å²) in [5.74, 6) is -0.929. The van der Waals surface area contributed by atoms with Gasteiger partial charge in [-0.25, -0.2) is 13.1 Å². The van der Waals surface area contributed by atoms with Crippen LogP contribution in [0.2, 0.25) is 0 Å². The lowest BCUT2D eigenvalue weighted by Gasteiger charge is -2.24. The molecule has 0 heterocycles. The fourth-order valence-electron chi connectivity index (χ4n) is 2.85. The predicted octanol–water partition coefficient (Wildman–Crippen LogP) is 1.74. The molecule has 0 spiro atoms. The van der Waals surface area contributed by atoms with E-state index in [9.17, 15) is 18.0 Å². The molecular weight excluding hydrogens is 356 g/mol. The lowest BCUT2D eigenvalue weighted by Crippen LogP contribution is -2.43. The molecule has 2 N–H and O–H groups in total. The average molecular weight is 382 g/mol. The van der Waals surface area contributed by atoms with Crippen LogP contribution >= 0.6 is 0 Å². The summed E-state index contributed by atoms with van der Waals surface area (Å²) in [6.07, 6.45) is 4.25. The van der Waals surface area contributed by atoms with Crippen molar-refractivity contribution in [2.45, 2.75) is 62.5 Å². The van der Waals surface area contributed by atoms with Crippen molar-refractivity contribution < 1.29 is 22.7 Å². The van der Waals surface area contributed by atoms with Gasteiger partial charge >= 0.3 is 5.97 Å². The molecule has 1 aromatic rings. The minimum atomic E-state index is -3.66. The van der Waals surface area contributed by atoms with Crippen LogP contribution in [0.1, 0.15) is 45.4 Å². The molecule has 7 nitrogen and oxygen atoms in total. The second-order valence-corrected chi connectivity index (χ2v) is 8.20. The highest BCUT2D eigenvalue weighted by atomic mass is 32.2. The van der Waals surface area contributed by atoms with Crippen molar-refractivity contribution in [2.24, 2.45) is 0 Å². The average Bonchev–Trinajstić information content (AvgIpc) is 2.63. The molecule has 1 saturated carbocycles. The van der Waals surface area contributed by atoms with Crippen molar-refractivity contribution in [1.29, 1.82) is 0 Å². The number of benzene rings is 1. The molecule has 0 unspecified atom stereocenters. The molecule has 8 heteroatoms. The molecule has 26 heavy (non-hydrogen) atoms. The number of hydrogen-bond acceptors (Lipinski definition) is 5. The molecule has 144 valence electrons. The van der Waals surface area contributed by atoms with Gasteiger partial charge in [0.1, 0.15) is 0 Å². The zero-order valence-corrected chi connectivity index (χ0v) is 15.8. The van der Waals surface area contributed by atoms with E-state index in [-0.39, 0.29) is 29.8 Å². The van der Waals surface area contributed by atoms with Crippen LogP contribution in [-0.4, -0.2) is 39.0 Å². The molecule has 1 aromatic carbocycles. The Morgan fingerprint density at radius 3 is 2.46 bits per heavy atom. The van der Waals surface area contributed by atoms with E-state index in [4.69, 9.17) is 4.74 Å². The van der Waals surface area contributed by atoms with Crippen LogP contribution in [0.3, 0.4) is 0 Å². The van der Waals surface area contributed by atoms with E-state index in [1.807, 2.05) is 0 Å². The van der Waals surface area contributed by atoms with Gasteiger partial charge in [0.25, 0.3) is 5.91 Å². The van der Waals surface area contributed by atoms with Gasteiger partial charge in [-0.2, -0.15) is 0 Å². The van der Waals surface area contributed by atoms with Crippen LogP contribution in [0, 0.1) is 0 Å². The number of carbonyl (C=O) groups excluding carboxylic acids is 2. The number of sulfonamides is 1. The third kappa shape index (κ3) is 6.42. The number of hydrogen-bond donors (Lipinski definition) is 2. The van der Waals surface area contributed by atoms with E-state index in [2.05, 4.69) is 10.0 Å². The summed E-state index contributed by atoms with van der Waals surface area (Å²) in [6.45, 7) is 1.43. The number of amides is 1. The Balaban J connectivity index is 1.71. The SMILES string of the molecule is C[C@@H](OC(=O)CCNS(=O)(=O)c1ccccc1)C(=O)NC1CCCCC1. The van der Waals surface area contributed by atoms with Crippen LogP contribution in [0.25, 0.3) is 0 Å². The van der Waals surface area contributed by atoms with Crippen molar-refractivity contribution >= 4 is 21.9 Å². The molecular formula is C18H26N2O5S. The van der Waals surface area contributed by atoms with E-state index in [0.717, 1.165) is 25.7 Å². The van der Waals surface area contributed by atoms with Crippen LogP contribution < -0.4 is 10.0 Å². The highest BCUT2D eigenvalue weighted by molar-refractivity contribution is 7.89. The Morgan fingerprint density at radius 2 is 1.81 bits per heavy atom. The third-order valence-corrected chi connectivity index (χ3v) is 5.78. The Bertz CT molecular complexity index is 700. The maximum Gasteiger partial charge on any atom is 0.307 e. The van der Waals surface area contributed by atoms with Crippen molar-refractivity contribution in [2.75, 3.05) is 6.54 Å². The van der Waals surface area contributed by atoms with Crippen molar-refractivity contribution in [3.63, 3.8) is 0 Å². The first-order valence-electron chi connectivity index (χ1n) is 8.93. The van der Waals surface area contributed by atoms with Crippen molar-refractivity contribution in [3.8, 4) is 0 Å². The third-order valence-electron chi connectivity index (χ3n) is 4.30. The second kappa shape index (κ2) is 9.68. The van der Waals surface area contributed by atoms with Gasteiger partial charge in [-0.3, -0.25) is 9.59 Å². The highest BCUT2D eigenvalue weighted by Crippen LogP contribution is 2.17. The van der Waals surface area contributed by atoms with Crippen LogP contribution in [0.4, 0.5) is 0 Å². The van der Waals surface area contributed by atoms with E-state index >= 15 is 0 Å². The molecule has 1 amide bonds. The highest BCUT2D eigenvalue weighted by Gasteiger charge is 2.22. The Labute approximate surface area is 154 Å². The lowest BCUT2D eigenvalue weighted by molar-refractivity contribution is -0.155. The summed E-state index contributed by atoms with van der Waals surface area (Å²) < 4.78 is 31.5. The minimum absolute atomic E-state index is 0.0903. The van der Waals surface area contributed by atoms with Gasteiger partial charge in [-0.1, -0.05) is 37.5 Å². The molecule has 1 fully saturated rings. The van der Waals surface area contributed by atoms with E-state index < -0.39 is 22.1 Å². The summed E-state index contributed by atoms with van der Waals surface area (Å²) in [7, 11) is -3.66. The van der Waals surface area contributed by atoms with Gasteiger partial charge in [-0.05, 0) is 31.9 Å². The molecule has 0 saturated heterocycles. The van der Waals surface area contributed by atoms with E-state index in [1.54, 1.807) is 18.2 Å². The summed E-state index contributed by atoms with van der Waals surface area (Å²) in [4.78, 5) is 24.0. The molecule has 2 rings (SSSR count). The van der Waals surface area contributed by atoms with Crippen LogP contribution in [0.5, 0.6) is 0 Å². The summed E-state index contributed by atoms with van der Waals surface area (Å²) in [6, 6.07) is 8.05. The van der Waals surface area contributed by atoms with Gasteiger partial charge < -0.3 is 10.1 Å². The fourth-order valence-corrected chi connectivity index (χ4v) is 3.90. The maximum atomic E-state index is 12.1. The monoisotopic (exact) mass is 382 g/mol.